The summed E-state index contributed by atoms with van der Waals surface area (Å²) >= 11 is 0. The van der Waals surface area contributed by atoms with Crippen molar-refractivity contribution in [3.63, 3.8) is 0 Å². The first kappa shape index (κ1) is 19.2. The highest BCUT2D eigenvalue weighted by atomic mass is 16.2. The summed E-state index contributed by atoms with van der Waals surface area (Å²) in [6.45, 7) is 6.85. The van der Waals surface area contributed by atoms with Crippen LogP contribution in [0.3, 0.4) is 0 Å². The van der Waals surface area contributed by atoms with E-state index in [0.717, 1.165) is 24.0 Å². The van der Waals surface area contributed by atoms with Crippen LogP contribution >= 0.6 is 0 Å². The number of benzene rings is 2. The van der Waals surface area contributed by atoms with Crippen LogP contribution in [0.25, 0.3) is 0 Å². The Morgan fingerprint density at radius 3 is 2.74 bits per heavy atom. The number of nitrogens with one attached hydrogen (secondary N) is 1. The molecule has 0 saturated carbocycles. The summed E-state index contributed by atoms with van der Waals surface area (Å²) in [5, 5.41) is 4.14. The Labute approximate surface area is 162 Å². The molecule has 1 N–H and O–H groups in total. The largest absolute Gasteiger partial charge is 0.369 e. The number of rotatable bonds is 5. The zero-order valence-corrected chi connectivity index (χ0v) is 16.7. The van der Waals surface area contributed by atoms with Gasteiger partial charge in [-0.25, -0.2) is 5.43 Å². The lowest BCUT2D eigenvalue weighted by atomic mass is 9.80. The average molecular weight is 364 g/mol. The molecule has 0 radical (unpaired) electrons. The van der Waals surface area contributed by atoms with Gasteiger partial charge >= 0.3 is 0 Å². The lowest BCUT2D eigenvalue weighted by Crippen LogP contribution is -2.45. The molecule has 142 valence electrons. The van der Waals surface area contributed by atoms with Gasteiger partial charge in [0, 0.05) is 24.7 Å². The number of hydrogen-bond acceptors (Lipinski definition) is 3. The molecule has 4 heteroatoms. The number of aryl methyl sites for hydroxylation is 1. The molecular formula is C23H29N3O. The number of carbonyl (C=O) groups excluding carboxylic acids is 1. The fourth-order valence-electron chi connectivity index (χ4n) is 3.81. The van der Waals surface area contributed by atoms with Gasteiger partial charge in [-0.05, 0) is 61.4 Å². The van der Waals surface area contributed by atoms with Gasteiger partial charge in [0.15, 0.2) is 0 Å². The molecule has 27 heavy (non-hydrogen) atoms. The van der Waals surface area contributed by atoms with Crippen molar-refractivity contribution < 1.29 is 4.79 Å². The predicted molar refractivity (Wildman–Crippen MR) is 112 cm³/mol. The molecule has 1 unspecified atom stereocenters. The highest BCUT2D eigenvalue weighted by Crippen LogP contribution is 2.42. The lowest BCUT2D eigenvalue weighted by molar-refractivity contribution is -0.121. The summed E-state index contributed by atoms with van der Waals surface area (Å²) in [5.41, 5.74) is 7.59. The summed E-state index contributed by atoms with van der Waals surface area (Å²) in [6.07, 6.45) is 4.00. The van der Waals surface area contributed by atoms with Gasteiger partial charge < -0.3 is 4.90 Å². The van der Waals surface area contributed by atoms with Gasteiger partial charge in [0.2, 0.25) is 5.91 Å². The monoisotopic (exact) mass is 363 g/mol. The number of fused-ring (bicyclic) bond motifs is 1. The highest BCUT2D eigenvalue weighted by Gasteiger charge is 2.33. The molecule has 0 spiro atoms. The maximum atomic E-state index is 12.0. The third-order valence-corrected chi connectivity index (χ3v) is 5.54. The van der Waals surface area contributed by atoms with Crippen LogP contribution < -0.4 is 10.3 Å². The van der Waals surface area contributed by atoms with Crippen molar-refractivity contribution in [3.8, 4) is 0 Å². The van der Waals surface area contributed by atoms with E-state index < -0.39 is 0 Å². The molecular weight excluding hydrogens is 334 g/mol. The number of hydrazone groups is 1. The van der Waals surface area contributed by atoms with Crippen LogP contribution in [0.15, 0.2) is 53.6 Å². The molecule has 1 atom stereocenters. The Morgan fingerprint density at radius 1 is 1.26 bits per heavy atom. The van der Waals surface area contributed by atoms with E-state index in [9.17, 15) is 4.79 Å². The van der Waals surface area contributed by atoms with Gasteiger partial charge in [-0.15, -0.1) is 0 Å². The number of hydrogen-bond donors (Lipinski definition) is 1. The van der Waals surface area contributed by atoms with E-state index in [0.29, 0.717) is 12.3 Å². The summed E-state index contributed by atoms with van der Waals surface area (Å²) in [7, 11) is 2.16. The van der Waals surface area contributed by atoms with Crippen LogP contribution in [0.1, 0.15) is 56.2 Å². The second-order valence-electron chi connectivity index (χ2n) is 8.07. The minimum atomic E-state index is -0.0667. The number of carbonyl (C=O) groups is 1. The Bertz CT molecular complexity index is 827. The van der Waals surface area contributed by atoms with Crippen molar-refractivity contribution in [1.82, 2.24) is 5.43 Å². The van der Waals surface area contributed by atoms with Gasteiger partial charge in [0.1, 0.15) is 0 Å². The van der Waals surface area contributed by atoms with Crippen LogP contribution in [0.4, 0.5) is 5.69 Å². The number of anilines is 1. The zero-order valence-electron chi connectivity index (χ0n) is 16.7. The number of nitrogens with zero attached hydrogens (tertiary/aromatic N) is 2. The van der Waals surface area contributed by atoms with Crippen molar-refractivity contribution >= 4 is 17.8 Å². The second kappa shape index (κ2) is 7.95. The standard InChI is InChI=1S/C23H29N3O/c1-17-15-23(2,3)26(4)21-12-10-19(14-20(17)21)16-24-25-22(27)13-11-18-8-6-5-7-9-18/h5-10,12,14,16-17H,11,13,15H2,1-4H3,(H,25,27)/b24-16-. The first-order chi connectivity index (χ1) is 12.9. The van der Waals surface area contributed by atoms with Crippen molar-refractivity contribution in [2.24, 2.45) is 5.10 Å². The van der Waals surface area contributed by atoms with Gasteiger partial charge in [-0.3, -0.25) is 4.79 Å². The molecule has 2 aromatic rings. The summed E-state index contributed by atoms with van der Waals surface area (Å²) < 4.78 is 0. The topological polar surface area (TPSA) is 44.7 Å². The fraction of sp³-hybridized carbons (Fsp3) is 0.391. The Kier molecular flexibility index (Phi) is 5.64. The molecule has 0 aliphatic carbocycles. The Morgan fingerprint density at radius 2 is 2.00 bits per heavy atom. The van der Waals surface area contributed by atoms with Crippen LogP contribution in [0, 0.1) is 0 Å². The fourth-order valence-corrected chi connectivity index (χ4v) is 3.81. The Balaban J connectivity index is 1.60. The first-order valence-electron chi connectivity index (χ1n) is 9.60. The third-order valence-electron chi connectivity index (χ3n) is 5.54. The summed E-state index contributed by atoms with van der Waals surface area (Å²) in [4.78, 5) is 14.3. The normalized spacial score (nSPS) is 18.4. The van der Waals surface area contributed by atoms with Crippen molar-refractivity contribution in [2.45, 2.75) is 51.5 Å². The van der Waals surface area contributed by atoms with E-state index >= 15 is 0 Å². The van der Waals surface area contributed by atoms with E-state index in [1.165, 1.54) is 11.3 Å². The molecule has 0 aromatic heterocycles. The van der Waals surface area contributed by atoms with E-state index in [2.05, 4.69) is 61.4 Å². The predicted octanol–water partition coefficient (Wildman–Crippen LogP) is 4.49. The zero-order chi connectivity index (χ0) is 19.4. The molecule has 1 aliphatic rings. The molecule has 4 nitrogen and oxygen atoms in total. The average Bonchev–Trinajstić information content (AvgIpc) is 2.65. The van der Waals surface area contributed by atoms with E-state index in [-0.39, 0.29) is 11.4 Å². The highest BCUT2D eigenvalue weighted by molar-refractivity contribution is 5.84. The molecule has 0 bridgehead atoms. The van der Waals surface area contributed by atoms with E-state index in [4.69, 9.17) is 0 Å². The van der Waals surface area contributed by atoms with Crippen LogP contribution in [0.5, 0.6) is 0 Å². The van der Waals surface area contributed by atoms with Crippen molar-refractivity contribution in [2.75, 3.05) is 11.9 Å². The van der Waals surface area contributed by atoms with Crippen LogP contribution in [-0.2, 0) is 11.2 Å². The van der Waals surface area contributed by atoms with Crippen molar-refractivity contribution in [3.05, 3.63) is 65.2 Å². The quantitative estimate of drug-likeness (QED) is 0.628. The Hall–Kier alpha value is -2.62. The minimum Gasteiger partial charge on any atom is -0.369 e. The van der Waals surface area contributed by atoms with Crippen LogP contribution in [0.2, 0.25) is 0 Å². The maximum Gasteiger partial charge on any atom is 0.240 e. The van der Waals surface area contributed by atoms with Gasteiger partial charge in [-0.1, -0.05) is 43.3 Å². The van der Waals surface area contributed by atoms with Crippen LogP contribution in [-0.4, -0.2) is 24.7 Å². The minimum absolute atomic E-state index is 0.0667. The molecule has 0 saturated heterocycles. The lowest BCUT2D eigenvalue weighted by Gasteiger charge is -2.45. The molecule has 1 aliphatic heterocycles. The molecule has 1 amide bonds. The van der Waals surface area contributed by atoms with Gasteiger partial charge in [0.05, 0.1) is 6.21 Å². The summed E-state index contributed by atoms with van der Waals surface area (Å²) in [5.74, 6) is 0.433. The third kappa shape index (κ3) is 4.57. The second-order valence-corrected chi connectivity index (χ2v) is 8.07. The summed E-state index contributed by atoms with van der Waals surface area (Å²) in [6, 6.07) is 16.4. The SMILES string of the molecule is CC1CC(C)(C)N(C)c2ccc(/C=N\NC(=O)CCc3ccccc3)cc21. The van der Waals surface area contributed by atoms with Gasteiger partial charge in [-0.2, -0.15) is 5.10 Å². The molecule has 3 rings (SSSR count). The van der Waals surface area contributed by atoms with Gasteiger partial charge in [0.25, 0.3) is 0 Å². The maximum absolute atomic E-state index is 12.0. The molecule has 2 aromatic carbocycles. The molecule has 1 heterocycles. The smallest absolute Gasteiger partial charge is 0.240 e. The van der Waals surface area contributed by atoms with E-state index in [1.54, 1.807) is 6.21 Å². The molecule has 0 fully saturated rings. The van der Waals surface area contributed by atoms with E-state index in [1.807, 2.05) is 30.3 Å². The van der Waals surface area contributed by atoms with Crippen molar-refractivity contribution in [1.29, 1.82) is 0 Å². The first-order valence-corrected chi connectivity index (χ1v) is 9.60. The number of amides is 1.